The fourth-order valence-corrected chi connectivity index (χ4v) is 5.35. The molecule has 2 aromatic rings. The molecule has 0 aliphatic carbocycles. The molecule has 32 heavy (non-hydrogen) atoms. The monoisotopic (exact) mass is 438 g/mol. The molecule has 2 fully saturated rings. The maximum absolute atomic E-state index is 13.1. The molecule has 4 rings (SSSR count). The van der Waals surface area contributed by atoms with Crippen LogP contribution in [0.2, 0.25) is 0 Å². The van der Waals surface area contributed by atoms with Gasteiger partial charge in [0, 0.05) is 6.54 Å². The van der Waals surface area contributed by atoms with Crippen LogP contribution < -0.4 is 0 Å². The highest BCUT2D eigenvalue weighted by molar-refractivity contribution is 5.74. The summed E-state index contributed by atoms with van der Waals surface area (Å²) < 4.78 is 13.1. The lowest BCUT2D eigenvalue weighted by molar-refractivity contribution is -0.144. The molecule has 2 heterocycles. The first-order valence-electron chi connectivity index (χ1n) is 12.0. The standard InChI is InChI=1S/C27H35FN2O2/c28-25-8-6-22(7-9-25)18-23-10-14-29(15-11-23)20-24-12-16-30(17-13-24)26(27(31)32)19-21-4-2-1-3-5-21/h1-9,23-24,26H,10-20H2,(H,31,32)/t26-/m0/s1. The van der Waals surface area contributed by atoms with E-state index in [1.54, 1.807) is 12.1 Å². The van der Waals surface area contributed by atoms with Crippen LogP contribution >= 0.6 is 0 Å². The van der Waals surface area contributed by atoms with Gasteiger partial charge in [-0.25, -0.2) is 4.39 Å². The van der Waals surface area contributed by atoms with Crippen molar-refractivity contribution in [3.63, 3.8) is 0 Å². The van der Waals surface area contributed by atoms with Gasteiger partial charge < -0.3 is 10.0 Å². The Labute approximate surface area is 191 Å². The molecule has 2 saturated heterocycles. The zero-order valence-corrected chi connectivity index (χ0v) is 18.8. The number of nitrogens with zero attached hydrogens (tertiary/aromatic N) is 2. The molecular formula is C27H35FN2O2. The maximum atomic E-state index is 13.1. The lowest BCUT2D eigenvalue weighted by Gasteiger charge is -2.39. The summed E-state index contributed by atoms with van der Waals surface area (Å²) in [4.78, 5) is 16.7. The molecule has 0 saturated carbocycles. The van der Waals surface area contributed by atoms with Crippen LogP contribution in [0, 0.1) is 17.7 Å². The van der Waals surface area contributed by atoms with E-state index in [-0.39, 0.29) is 5.82 Å². The highest BCUT2D eigenvalue weighted by atomic mass is 19.1. The second-order valence-corrected chi connectivity index (χ2v) is 9.60. The predicted molar refractivity (Wildman–Crippen MR) is 125 cm³/mol. The Kier molecular flexibility index (Phi) is 7.93. The molecule has 0 radical (unpaired) electrons. The van der Waals surface area contributed by atoms with Crippen LogP contribution in [0.1, 0.15) is 36.8 Å². The van der Waals surface area contributed by atoms with Crippen molar-refractivity contribution in [1.82, 2.24) is 9.80 Å². The topological polar surface area (TPSA) is 43.8 Å². The number of hydrogen-bond donors (Lipinski definition) is 1. The smallest absolute Gasteiger partial charge is 0.321 e. The van der Waals surface area contributed by atoms with Crippen LogP contribution in [0.15, 0.2) is 54.6 Å². The van der Waals surface area contributed by atoms with Gasteiger partial charge >= 0.3 is 5.97 Å². The minimum absolute atomic E-state index is 0.163. The lowest BCUT2D eigenvalue weighted by atomic mass is 9.88. The van der Waals surface area contributed by atoms with Gasteiger partial charge in [-0.15, -0.1) is 0 Å². The average molecular weight is 439 g/mol. The van der Waals surface area contributed by atoms with Crippen LogP contribution in [-0.2, 0) is 17.6 Å². The van der Waals surface area contributed by atoms with Crippen molar-refractivity contribution < 1.29 is 14.3 Å². The van der Waals surface area contributed by atoms with Crippen molar-refractivity contribution >= 4 is 5.97 Å². The highest BCUT2D eigenvalue weighted by Gasteiger charge is 2.31. The number of carbonyl (C=O) groups is 1. The first-order chi connectivity index (χ1) is 15.6. The molecule has 1 N–H and O–H groups in total. The van der Waals surface area contributed by atoms with Gasteiger partial charge in [0.25, 0.3) is 0 Å². The molecule has 0 amide bonds. The SMILES string of the molecule is O=C(O)[C@H](Cc1ccccc1)N1CCC(CN2CCC(Cc3ccc(F)cc3)CC2)CC1. The Morgan fingerprint density at radius 1 is 0.875 bits per heavy atom. The van der Waals surface area contributed by atoms with E-state index in [1.165, 1.54) is 18.4 Å². The van der Waals surface area contributed by atoms with E-state index >= 15 is 0 Å². The summed E-state index contributed by atoms with van der Waals surface area (Å²) in [5, 5.41) is 9.79. The second-order valence-electron chi connectivity index (χ2n) is 9.60. The molecule has 0 aromatic heterocycles. The van der Waals surface area contributed by atoms with Gasteiger partial charge in [0.15, 0.2) is 0 Å². The van der Waals surface area contributed by atoms with Gasteiger partial charge in [0.05, 0.1) is 0 Å². The minimum atomic E-state index is -0.712. The summed E-state index contributed by atoms with van der Waals surface area (Å²) in [5.74, 6) is 0.471. The third-order valence-corrected chi connectivity index (χ3v) is 7.31. The molecule has 2 aliphatic rings. The number of aliphatic carboxylic acids is 1. The van der Waals surface area contributed by atoms with Crippen molar-refractivity contribution in [1.29, 1.82) is 0 Å². The highest BCUT2D eigenvalue weighted by Crippen LogP contribution is 2.26. The van der Waals surface area contributed by atoms with Gasteiger partial charge in [0.2, 0.25) is 0 Å². The van der Waals surface area contributed by atoms with Gasteiger partial charge in [-0.1, -0.05) is 42.5 Å². The predicted octanol–water partition coefficient (Wildman–Crippen LogP) is 4.49. The number of piperidine rings is 2. The Hall–Kier alpha value is -2.24. The van der Waals surface area contributed by atoms with Crippen molar-refractivity contribution in [3.8, 4) is 0 Å². The zero-order chi connectivity index (χ0) is 22.3. The van der Waals surface area contributed by atoms with E-state index in [9.17, 15) is 14.3 Å². The van der Waals surface area contributed by atoms with E-state index in [1.807, 2.05) is 42.5 Å². The van der Waals surface area contributed by atoms with E-state index in [2.05, 4.69) is 9.80 Å². The summed E-state index contributed by atoms with van der Waals surface area (Å²) in [6, 6.07) is 16.5. The number of carboxylic acids is 1. The Morgan fingerprint density at radius 3 is 2.12 bits per heavy atom. The maximum Gasteiger partial charge on any atom is 0.321 e. The molecule has 0 spiro atoms. The van der Waals surface area contributed by atoms with Crippen molar-refractivity contribution in [2.75, 3.05) is 32.7 Å². The van der Waals surface area contributed by atoms with Crippen molar-refractivity contribution in [3.05, 3.63) is 71.5 Å². The molecule has 1 atom stereocenters. The summed E-state index contributed by atoms with van der Waals surface area (Å²) in [5.41, 5.74) is 2.33. The summed E-state index contributed by atoms with van der Waals surface area (Å²) in [7, 11) is 0. The lowest BCUT2D eigenvalue weighted by Crippen LogP contribution is -2.48. The Morgan fingerprint density at radius 2 is 1.50 bits per heavy atom. The van der Waals surface area contributed by atoms with Crippen LogP contribution in [0.25, 0.3) is 0 Å². The van der Waals surface area contributed by atoms with Crippen LogP contribution in [0.3, 0.4) is 0 Å². The first-order valence-corrected chi connectivity index (χ1v) is 12.0. The average Bonchev–Trinajstić information content (AvgIpc) is 2.81. The minimum Gasteiger partial charge on any atom is -0.480 e. The Balaban J connectivity index is 1.19. The van der Waals surface area contributed by atoms with Crippen LogP contribution in [-0.4, -0.2) is 59.6 Å². The van der Waals surface area contributed by atoms with Gasteiger partial charge in [-0.3, -0.25) is 9.69 Å². The first kappa shape index (κ1) is 22.9. The molecular weight excluding hydrogens is 403 g/mol. The van der Waals surface area contributed by atoms with E-state index < -0.39 is 12.0 Å². The van der Waals surface area contributed by atoms with E-state index in [0.717, 1.165) is 57.5 Å². The van der Waals surface area contributed by atoms with E-state index in [0.29, 0.717) is 18.3 Å². The van der Waals surface area contributed by atoms with E-state index in [4.69, 9.17) is 0 Å². The molecule has 0 bridgehead atoms. The Bertz CT molecular complexity index is 842. The largest absolute Gasteiger partial charge is 0.480 e. The fraction of sp³-hybridized carbons (Fsp3) is 0.519. The molecule has 0 unspecified atom stereocenters. The van der Waals surface area contributed by atoms with Crippen LogP contribution in [0.5, 0.6) is 0 Å². The van der Waals surface area contributed by atoms with Gasteiger partial charge in [0.1, 0.15) is 11.9 Å². The normalized spacial score (nSPS) is 20.3. The number of benzene rings is 2. The number of likely N-dealkylation sites (tertiary alicyclic amines) is 2. The zero-order valence-electron chi connectivity index (χ0n) is 18.8. The number of halogens is 1. The second kappa shape index (κ2) is 11.1. The fourth-order valence-electron chi connectivity index (χ4n) is 5.35. The number of carboxylic acid groups (broad SMARTS) is 1. The molecule has 4 nitrogen and oxygen atoms in total. The van der Waals surface area contributed by atoms with Crippen molar-refractivity contribution in [2.45, 2.75) is 44.6 Å². The number of hydrogen-bond acceptors (Lipinski definition) is 3. The summed E-state index contributed by atoms with van der Waals surface area (Å²) >= 11 is 0. The summed E-state index contributed by atoms with van der Waals surface area (Å²) in [6.07, 6.45) is 6.18. The molecule has 2 aromatic carbocycles. The van der Waals surface area contributed by atoms with Gasteiger partial charge in [-0.05, 0) is 99.8 Å². The summed E-state index contributed by atoms with van der Waals surface area (Å²) in [6.45, 7) is 5.15. The molecule has 5 heteroatoms. The quantitative estimate of drug-likeness (QED) is 0.660. The van der Waals surface area contributed by atoms with Crippen LogP contribution in [0.4, 0.5) is 4.39 Å². The van der Waals surface area contributed by atoms with Gasteiger partial charge in [-0.2, -0.15) is 0 Å². The molecule has 172 valence electrons. The molecule has 2 aliphatic heterocycles. The van der Waals surface area contributed by atoms with Crippen molar-refractivity contribution in [2.24, 2.45) is 11.8 Å². The number of rotatable bonds is 8. The third kappa shape index (κ3) is 6.39. The third-order valence-electron chi connectivity index (χ3n) is 7.31.